The number of carbonyl (C=O) groups excluding carboxylic acids is 1. The quantitative estimate of drug-likeness (QED) is 0.234. The van der Waals surface area contributed by atoms with Crippen molar-refractivity contribution in [1.82, 2.24) is 24.5 Å². The first-order valence-corrected chi connectivity index (χ1v) is 12.3. The van der Waals surface area contributed by atoms with E-state index in [1.54, 1.807) is 30.1 Å². The summed E-state index contributed by atoms with van der Waals surface area (Å²) in [7, 11) is 1.63. The molecule has 2 bridgehead atoms. The van der Waals surface area contributed by atoms with Crippen molar-refractivity contribution in [3.63, 3.8) is 0 Å². The number of piperidine rings is 1. The Bertz CT molecular complexity index is 1580. The molecule has 1 amide bonds. The SMILES string of the molecule is Cn1nc2c(c1-c1cc(F)c(F)c(F)c1)C[C@H]1CCC[C@@H]2N1C(=O)c1cccc(-n2cc(C(F)(F)F)cn2)c1. The van der Waals surface area contributed by atoms with E-state index in [9.17, 15) is 31.1 Å². The lowest BCUT2D eigenvalue weighted by Gasteiger charge is -2.45. The maximum absolute atomic E-state index is 14.0. The van der Waals surface area contributed by atoms with E-state index in [1.165, 1.54) is 10.7 Å². The van der Waals surface area contributed by atoms with Crippen LogP contribution in [0.5, 0.6) is 0 Å². The standard InChI is InChI=1S/C27H21F6N5O/c1-36-25(15-9-20(28)23(30)21(29)10-15)19-11-18-6-3-7-22(24(19)35-36)38(18)26(39)14-4-2-5-17(8-14)37-13-16(12-34-37)27(31,32)33/h2,4-5,8-10,12-13,18,22H,3,6-7,11H2,1H3/t18-,22+/m1/s1. The minimum atomic E-state index is -4.54. The molecule has 4 aromatic rings. The van der Waals surface area contributed by atoms with Crippen LogP contribution in [0.3, 0.4) is 0 Å². The molecule has 202 valence electrons. The van der Waals surface area contributed by atoms with E-state index in [1.807, 2.05) is 0 Å². The van der Waals surface area contributed by atoms with Crippen LogP contribution >= 0.6 is 0 Å². The first kappa shape index (κ1) is 25.2. The van der Waals surface area contributed by atoms with Crippen LogP contribution in [0.2, 0.25) is 0 Å². The van der Waals surface area contributed by atoms with Crippen LogP contribution in [-0.2, 0) is 19.6 Å². The van der Waals surface area contributed by atoms with Crippen molar-refractivity contribution < 1.29 is 31.1 Å². The minimum Gasteiger partial charge on any atom is -0.327 e. The molecule has 0 aliphatic carbocycles. The van der Waals surface area contributed by atoms with Gasteiger partial charge >= 0.3 is 6.18 Å². The molecule has 2 atom stereocenters. The number of aromatic nitrogens is 4. The number of halogens is 6. The molecule has 12 heteroatoms. The van der Waals surface area contributed by atoms with Crippen LogP contribution in [0.15, 0.2) is 48.8 Å². The summed E-state index contributed by atoms with van der Waals surface area (Å²) in [6, 6.07) is 7.48. The van der Waals surface area contributed by atoms with Gasteiger partial charge in [-0.1, -0.05) is 6.07 Å². The van der Waals surface area contributed by atoms with E-state index in [0.717, 1.165) is 41.2 Å². The highest BCUT2D eigenvalue weighted by molar-refractivity contribution is 5.95. The zero-order chi connectivity index (χ0) is 27.6. The molecular formula is C27H21F6N5O. The van der Waals surface area contributed by atoms with Crippen molar-refractivity contribution in [2.45, 2.75) is 43.9 Å². The molecule has 39 heavy (non-hydrogen) atoms. The molecule has 0 saturated carbocycles. The summed E-state index contributed by atoms with van der Waals surface area (Å²) in [4.78, 5) is 15.5. The summed E-state index contributed by atoms with van der Waals surface area (Å²) in [6.07, 6.45) is -0.416. The number of carbonyl (C=O) groups is 1. The average Bonchev–Trinajstić information content (AvgIpc) is 3.52. The molecule has 2 aliphatic heterocycles. The van der Waals surface area contributed by atoms with Crippen molar-refractivity contribution >= 4 is 5.91 Å². The maximum atomic E-state index is 14.0. The first-order valence-electron chi connectivity index (χ1n) is 12.3. The summed E-state index contributed by atoms with van der Waals surface area (Å²) in [6.45, 7) is 0. The van der Waals surface area contributed by atoms with E-state index in [4.69, 9.17) is 0 Å². The maximum Gasteiger partial charge on any atom is 0.419 e. The third-order valence-corrected chi connectivity index (χ3v) is 7.44. The Hall–Kier alpha value is -4.09. The fraction of sp³-hybridized carbons (Fsp3) is 0.296. The van der Waals surface area contributed by atoms with Gasteiger partial charge in [0.15, 0.2) is 17.5 Å². The van der Waals surface area contributed by atoms with Crippen molar-refractivity contribution in [1.29, 1.82) is 0 Å². The van der Waals surface area contributed by atoms with Gasteiger partial charge in [0.2, 0.25) is 0 Å². The number of alkyl halides is 3. The molecule has 6 nitrogen and oxygen atoms in total. The molecule has 0 spiro atoms. The summed E-state index contributed by atoms with van der Waals surface area (Å²) in [5.74, 6) is -4.44. The summed E-state index contributed by atoms with van der Waals surface area (Å²) >= 11 is 0. The lowest BCUT2D eigenvalue weighted by molar-refractivity contribution is -0.137. The Morgan fingerprint density at radius 3 is 2.49 bits per heavy atom. The average molecular weight is 545 g/mol. The molecule has 4 heterocycles. The van der Waals surface area contributed by atoms with E-state index in [0.29, 0.717) is 36.3 Å². The van der Waals surface area contributed by atoms with Crippen LogP contribution in [0.4, 0.5) is 26.3 Å². The smallest absolute Gasteiger partial charge is 0.327 e. The molecule has 0 radical (unpaired) electrons. The fourth-order valence-electron chi connectivity index (χ4n) is 5.74. The molecule has 6 rings (SSSR count). The van der Waals surface area contributed by atoms with Crippen molar-refractivity contribution in [2.75, 3.05) is 0 Å². The lowest BCUT2D eigenvalue weighted by atomic mass is 9.81. The zero-order valence-corrected chi connectivity index (χ0v) is 20.5. The van der Waals surface area contributed by atoms with Crippen LogP contribution < -0.4 is 0 Å². The second-order valence-corrected chi connectivity index (χ2v) is 9.83. The highest BCUT2D eigenvalue weighted by Crippen LogP contribution is 2.45. The van der Waals surface area contributed by atoms with Crippen molar-refractivity contribution in [2.24, 2.45) is 7.05 Å². The number of hydrogen-bond acceptors (Lipinski definition) is 3. The van der Waals surface area contributed by atoms with Gasteiger partial charge in [-0.2, -0.15) is 23.4 Å². The summed E-state index contributed by atoms with van der Waals surface area (Å²) in [5.41, 5.74) is 1.69. The number of nitrogens with zero attached hydrogens (tertiary/aromatic N) is 5. The van der Waals surface area contributed by atoms with E-state index in [-0.39, 0.29) is 23.1 Å². The van der Waals surface area contributed by atoms with E-state index < -0.39 is 35.2 Å². The van der Waals surface area contributed by atoms with Gasteiger partial charge in [0.25, 0.3) is 5.91 Å². The molecule has 2 aromatic carbocycles. The third-order valence-electron chi connectivity index (χ3n) is 7.44. The number of rotatable bonds is 3. The van der Waals surface area contributed by atoms with Gasteiger partial charge in [-0.25, -0.2) is 17.9 Å². The molecule has 1 fully saturated rings. The summed E-state index contributed by atoms with van der Waals surface area (Å²) in [5, 5.41) is 8.40. The fourth-order valence-corrected chi connectivity index (χ4v) is 5.74. The highest BCUT2D eigenvalue weighted by Gasteiger charge is 2.43. The Labute approximate surface area is 218 Å². The minimum absolute atomic E-state index is 0.158. The molecule has 1 saturated heterocycles. The van der Waals surface area contributed by atoms with Gasteiger partial charge in [-0.05, 0) is 56.0 Å². The largest absolute Gasteiger partial charge is 0.419 e. The first-order chi connectivity index (χ1) is 18.5. The predicted octanol–water partition coefficient (Wildman–Crippen LogP) is 6.00. The predicted molar refractivity (Wildman–Crippen MR) is 127 cm³/mol. The highest BCUT2D eigenvalue weighted by atomic mass is 19.4. The third kappa shape index (κ3) is 4.18. The van der Waals surface area contributed by atoms with Crippen LogP contribution in [0.1, 0.15) is 52.5 Å². The van der Waals surface area contributed by atoms with Gasteiger partial charge in [0.1, 0.15) is 0 Å². The van der Waals surface area contributed by atoms with Gasteiger partial charge in [-0.15, -0.1) is 0 Å². The van der Waals surface area contributed by atoms with Gasteiger partial charge in [0, 0.05) is 36.0 Å². The Morgan fingerprint density at radius 2 is 1.79 bits per heavy atom. The Morgan fingerprint density at radius 1 is 1.05 bits per heavy atom. The van der Waals surface area contributed by atoms with E-state index >= 15 is 0 Å². The van der Waals surface area contributed by atoms with Crippen molar-refractivity contribution in [3.05, 3.63) is 88.6 Å². The van der Waals surface area contributed by atoms with E-state index in [2.05, 4.69) is 10.2 Å². The van der Waals surface area contributed by atoms with Gasteiger partial charge < -0.3 is 4.90 Å². The molecule has 2 aliphatic rings. The topological polar surface area (TPSA) is 56.0 Å². The van der Waals surface area contributed by atoms with Gasteiger partial charge in [-0.3, -0.25) is 9.48 Å². The lowest BCUT2D eigenvalue weighted by Crippen LogP contribution is -2.49. The number of aryl methyl sites for hydroxylation is 1. The van der Waals surface area contributed by atoms with Crippen LogP contribution in [-0.4, -0.2) is 36.4 Å². The van der Waals surface area contributed by atoms with Crippen LogP contribution in [0.25, 0.3) is 16.9 Å². The number of amides is 1. The second kappa shape index (κ2) is 8.99. The Balaban J connectivity index is 1.36. The number of hydrogen-bond donors (Lipinski definition) is 0. The zero-order valence-electron chi connectivity index (χ0n) is 20.5. The Kier molecular flexibility index (Phi) is 5.81. The van der Waals surface area contributed by atoms with Crippen LogP contribution in [0, 0.1) is 17.5 Å². The summed E-state index contributed by atoms with van der Waals surface area (Å²) < 4.78 is 83.4. The number of benzene rings is 2. The van der Waals surface area contributed by atoms with Gasteiger partial charge in [0.05, 0.1) is 34.9 Å². The number of fused-ring (bicyclic) bond motifs is 4. The molecular weight excluding hydrogens is 524 g/mol. The van der Waals surface area contributed by atoms with Crippen molar-refractivity contribution in [3.8, 4) is 16.9 Å². The second-order valence-electron chi connectivity index (χ2n) is 9.83. The molecule has 0 unspecified atom stereocenters. The normalized spacial score (nSPS) is 18.8. The monoisotopic (exact) mass is 545 g/mol. The molecule has 2 aromatic heterocycles. The molecule has 0 N–H and O–H groups in total.